The largest absolute Gasteiger partial charge is 0.397 e. The minimum atomic E-state index is -0.481. The molecule has 1 saturated carbocycles. The molecule has 1 saturated heterocycles. The fourth-order valence-electron chi connectivity index (χ4n) is 9.54. The number of hydrogen-bond donors (Lipinski definition) is 7. The molecule has 4 aromatic carbocycles. The van der Waals surface area contributed by atoms with Crippen molar-refractivity contribution in [3.05, 3.63) is 116 Å². The number of hydrogen-bond acceptors (Lipinski definition) is 10. The van der Waals surface area contributed by atoms with E-state index in [0.29, 0.717) is 34.5 Å². The number of carbonyl (C=O) groups is 1. The summed E-state index contributed by atoms with van der Waals surface area (Å²) in [6.45, 7) is 6.30. The van der Waals surface area contributed by atoms with Gasteiger partial charge in [0.1, 0.15) is 40.2 Å². The molecule has 0 spiro atoms. The summed E-state index contributed by atoms with van der Waals surface area (Å²) in [5, 5.41) is 3.53. The van der Waals surface area contributed by atoms with Crippen molar-refractivity contribution in [1.82, 2.24) is 45.0 Å². The number of benzene rings is 4. The van der Waals surface area contributed by atoms with Gasteiger partial charge in [-0.1, -0.05) is 31.2 Å². The maximum absolute atomic E-state index is 14.4. The van der Waals surface area contributed by atoms with Gasteiger partial charge in [0.15, 0.2) is 0 Å². The van der Waals surface area contributed by atoms with Gasteiger partial charge in [0.05, 0.1) is 55.2 Å². The topological polar surface area (TPSA) is 211 Å². The van der Waals surface area contributed by atoms with Crippen LogP contribution in [0.5, 0.6) is 0 Å². The Kier molecular flexibility index (Phi) is 17.2. The quantitative estimate of drug-likeness (QED) is 0.0483. The third-order valence-corrected chi connectivity index (χ3v) is 13.6. The fourth-order valence-corrected chi connectivity index (χ4v) is 9.54. The number of likely N-dealkylation sites (tertiary alicyclic amines) is 1. The number of aryl methyl sites for hydroxylation is 2. The van der Waals surface area contributed by atoms with Gasteiger partial charge in [-0.2, -0.15) is 0 Å². The molecule has 4 aromatic heterocycles. The van der Waals surface area contributed by atoms with Crippen LogP contribution in [-0.4, -0.2) is 98.9 Å². The molecule has 2 aliphatic rings. The molecular formula is C53H64F2IN11O3. The third-order valence-electron chi connectivity index (χ3n) is 13.6. The number of Topliss-reactive ketones (excluding diaryl/α,β-unsaturated/α-hetero) is 1. The molecule has 370 valence electrons. The number of aromatic nitrogens is 6. The van der Waals surface area contributed by atoms with Crippen LogP contribution >= 0.6 is 24.0 Å². The van der Waals surface area contributed by atoms with E-state index in [4.69, 9.17) is 11.5 Å². The highest BCUT2D eigenvalue weighted by molar-refractivity contribution is 14.0. The van der Waals surface area contributed by atoms with Crippen LogP contribution in [0.25, 0.3) is 66.6 Å². The number of fused-ring (bicyclic) bond motifs is 4. The second kappa shape index (κ2) is 23.3. The Bertz CT molecular complexity index is 3220. The van der Waals surface area contributed by atoms with E-state index < -0.39 is 22.8 Å². The van der Waals surface area contributed by atoms with E-state index in [1.165, 1.54) is 55.0 Å². The first-order chi connectivity index (χ1) is 33.3. The molecule has 10 rings (SSSR count). The SMILES string of the molecule is CC1CCC(N(C)CCCc2ccc3nc(-c4c(N)c5c(F)cccc5[nH]c4=O)[nH]c3c2)CC1.CN1CCC(=O)CC1.CNCCCc1ccc2nc(-c3c(N)c4c(F)cccc4[nH]c3=O)[nH]c2c1.I. The zero-order chi connectivity index (χ0) is 48.8. The van der Waals surface area contributed by atoms with Crippen molar-refractivity contribution in [2.45, 2.75) is 77.2 Å². The highest BCUT2D eigenvalue weighted by Crippen LogP contribution is 2.32. The van der Waals surface area contributed by atoms with E-state index in [0.717, 1.165) is 92.7 Å². The van der Waals surface area contributed by atoms with E-state index in [1.54, 1.807) is 18.2 Å². The van der Waals surface area contributed by atoms with Gasteiger partial charge in [0.25, 0.3) is 11.1 Å². The molecule has 5 heterocycles. The summed E-state index contributed by atoms with van der Waals surface area (Å²) in [5.74, 6) is 1.02. The number of ketones is 1. The number of nitrogens with zero attached hydrogens (tertiary/aromatic N) is 4. The molecular weight excluding hydrogens is 1000 g/mol. The third kappa shape index (κ3) is 11.9. The van der Waals surface area contributed by atoms with Crippen molar-refractivity contribution in [2.24, 2.45) is 5.92 Å². The number of carbonyl (C=O) groups excluding carboxylic acids is 1. The molecule has 0 bridgehead atoms. The summed E-state index contributed by atoms with van der Waals surface area (Å²) in [7, 11) is 6.23. The zero-order valence-electron chi connectivity index (χ0n) is 40.3. The predicted octanol–water partition coefficient (Wildman–Crippen LogP) is 9.08. The second-order valence-electron chi connectivity index (χ2n) is 18.7. The molecule has 14 nitrogen and oxygen atoms in total. The summed E-state index contributed by atoms with van der Waals surface area (Å²) < 4.78 is 28.6. The molecule has 2 fully saturated rings. The van der Waals surface area contributed by atoms with Crippen molar-refractivity contribution >= 4 is 85.0 Å². The number of pyridine rings is 2. The Morgan fingerprint density at radius 2 is 1.19 bits per heavy atom. The molecule has 9 N–H and O–H groups in total. The number of halogens is 3. The molecule has 0 unspecified atom stereocenters. The molecule has 8 aromatic rings. The predicted molar refractivity (Wildman–Crippen MR) is 290 cm³/mol. The highest BCUT2D eigenvalue weighted by atomic mass is 127. The van der Waals surface area contributed by atoms with Crippen LogP contribution in [0.3, 0.4) is 0 Å². The van der Waals surface area contributed by atoms with Crippen LogP contribution in [0.2, 0.25) is 0 Å². The number of nitrogen functional groups attached to an aromatic ring is 2. The van der Waals surface area contributed by atoms with Crippen LogP contribution in [0, 0.1) is 17.6 Å². The second-order valence-corrected chi connectivity index (χ2v) is 18.7. The van der Waals surface area contributed by atoms with Gasteiger partial charge in [-0.3, -0.25) is 14.4 Å². The van der Waals surface area contributed by atoms with Gasteiger partial charge in [-0.25, -0.2) is 18.7 Å². The standard InChI is InChI=1S/C27H32FN5O.C20H20FN5O.C6H11NO.HI/c1-16-8-11-18(12-9-16)33(2)14-4-5-17-10-13-20-22(15-17)31-26(30-20)24-25(29)23-19(28)6-3-7-21(23)32-27(24)34;1-23-9-3-4-11-7-8-13-15(10-11)25-19(24-13)17-18(22)16-12(21)5-2-6-14(16)26-20(17)27;1-7-4-2-6(8)3-5-7;/h3,6-7,10,13,15-16,18H,4-5,8-9,11-12,14H2,1-2H3,(H,30,31)(H3,29,32,34);2,5-8,10,23H,3-4,9H2,1H3,(H,24,25)(H3,22,26,27);2-5H2,1H3;1H. The van der Waals surface area contributed by atoms with Crippen molar-refractivity contribution < 1.29 is 13.6 Å². The van der Waals surface area contributed by atoms with Gasteiger partial charge < -0.3 is 46.5 Å². The van der Waals surface area contributed by atoms with Crippen LogP contribution in [-0.2, 0) is 17.6 Å². The summed E-state index contributed by atoms with van der Waals surface area (Å²) >= 11 is 0. The number of anilines is 2. The number of nitrogens with two attached hydrogens (primary N) is 2. The van der Waals surface area contributed by atoms with Crippen molar-refractivity contribution in [3.63, 3.8) is 0 Å². The summed E-state index contributed by atoms with van der Waals surface area (Å²) in [6.07, 6.45) is 10.8. The highest BCUT2D eigenvalue weighted by Gasteiger charge is 2.22. The Morgan fingerprint density at radius 3 is 1.66 bits per heavy atom. The minimum absolute atomic E-state index is 0. The number of aromatic amines is 4. The maximum atomic E-state index is 14.4. The van der Waals surface area contributed by atoms with E-state index in [9.17, 15) is 23.2 Å². The molecule has 0 radical (unpaired) electrons. The Labute approximate surface area is 422 Å². The molecule has 1 aliphatic carbocycles. The van der Waals surface area contributed by atoms with Crippen molar-refractivity contribution in [2.75, 3.05) is 58.8 Å². The normalized spacial score (nSPS) is 16.3. The average Bonchev–Trinajstić information content (AvgIpc) is 3.94. The molecule has 17 heteroatoms. The van der Waals surface area contributed by atoms with Crippen molar-refractivity contribution in [3.8, 4) is 22.8 Å². The fraction of sp³-hybridized carbons (Fsp3) is 0.377. The maximum Gasteiger partial charge on any atom is 0.261 e. The summed E-state index contributed by atoms with van der Waals surface area (Å²) in [6, 6.07) is 21.8. The number of piperidine rings is 1. The monoisotopic (exact) mass is 1070 g/mol. The zero-order valence-corrected chi connectivity index (χ0v) is 42.6. The van der Waals surface area contributed by atoms with Gasteiger partial charge in [0.2, 0.25) is 0 Å². The number of rotatable bonds is 11. The number of imidazole rings is 2. The summed E-state index contributed by atoms with van der Waals surface area (Å²) in [4.78, 5) is 61.4. The first-order valence-electron chi connectivity index (χ1n) is 24.0. The molecule has 1 aliphatic heterocycles. The van der Waals surface area contributed by atoms with E-state index in [2.05, 4.69) is 71.1 Å². The van der Waals surface area contributed by atoms with E-state index in [1.807, 2.05) is 38.4 Å². The molecule has 0 atom stereocenters. The lowest BCUT2D eigenvalue weighted by Gasteiger charge is -2.33. The Morgan fingerprint density at radius 1 is 0.700 bits per heavy atom. The van der Waals surface area contributed by atoms with E-state index >= 15 is 0 Å². The van der Waals surface area contributed by atoms with Gasteiger partial charge in [0, 0.05) is 32.0 Å². The first kappa shape index (κ1) is 51.8. The van der Waals surface area contributed by atoms with Crippen molar-refractivity contribution in [1.29, 1.82) is 0 Å². The number of nitrogens with one attached hydrogen (secondary N) is 5. The lowest BCUT2D eigenvalue weighted by atomic mass is 9.86. The van der Waals surface area contributed by atoms with Crippen LogP contribution < -0.4 is 27.9 Å². The average molecular weight is 1070 g/mol. The lowest BCUT2D eigenvalue weighted by molar-refractivity contribution is -0.121. The molecule has 70 heavy (non-hydrogen) atoms. The molecule has 0 amide bonds. The van der Waals surface area contributed by atoms with Crippen LogP contribution in [0.15, 0.2) is 82.4 Å². The Balaban J connectivity index is 0.000000179. The first-order valence-corrected chi connectivity index (χ1v) is 24.0. The van der Waals surface area contributed by atoms with Crippen LogP contribution in [0.1, 0.15) is 69.4 Å². The lowest BCUT2D eigenvalue weighted by Crippen LogP contribution is -2.35. The Hall–Kier alpha value is -6.02. The van der Waals surface area contributed by atoms with Gasteiger partial charge >= 0.3 is 0 Å². The van der Waals surface area contributed by atoms with Gasteiger partial charge in [-0.05, 0) is 151 Å². The smallest absolute Gasteiger partial charge is 0.261 e. The van der Waals surface area contributed by atoms with Crippen LogP contribution in [0.4, 0.5) is 20.2 Å². The minimum Gasteiger partial charge on any atom is -0.397 e. The number of H-pyrrole nitrogens is 4. The van der Waals surface area contributed by atoms with Gasteiger partial charge in [-0.15, -0.1) is 24.0 Å². The summed E-state index contributed by atoms with van der Waals surface area (Å²) in [5.41, 5.74) is 18.4. The van der Waals surface area contributed by atoms with E-state index in [-0.39, 0.29) is 57.3 Å².